The Hall–Kier alpha value is -1.84. The highest BCUT2D eigenvalue weighted by atomic mass is 127. The second kappa shape index (κ2) is 8.45. The van der Waals surface area contributed by atoms with E-state index in [1.807, 2.05) is 24.3 Å². The number of hydrogen-bond donors (Lipinski definition) is 2. The zero-order chi connectivity index (χ0) is 14.4. The van der Waals surface area contributed by atoms with Gasteiger partial charge in [0.15, 0.2) is 11.8 Å². The molecule has 0 atom stereocenters. The number of aliphatic imine (C=N–C) groups is 1. The van der Waals surface area contributed by atoms with E-state index in [2.05, 4.69) is 20.4 Å². The first-order valence-corrected chi connectivity index (χ1v) is 6.17. The summed E-state index contributed by atoms with van der Waals surface area (Å²) in [4.78, 5) is 8.28. The van der Waals surface area contributed by atoms with Crippen molar-refractivity contribution < 1.29 is 9.26 Å². The Labute approximate surface area is 140 Å². The van der Waals surface area contributed by atoms with E-state index in [1.165, 1.54) is 0 Å². The Morgan fingerprint density at radius 3 is 2.67 bits per heavy atom. The second-order valence-corrected chi connectivity index (χ2v) is 4.11. The first-order valence-electron chi connectivity index (χ1n) is 6.17. The standard InChI is InChI=1S/C13H17N5O2.HI/c1-9-16-12(20-18-9)7-8-15-13(14)17-10-3-5-11(19-2)6-4-10;/h3-6H,7-8H2,1-2H3,(H3,14,15,17);1H. The predicted octanol–water partition coefficient (Wildman–Crippen LogP) is 1.97. The molecule has 0 amide bonds. The first-order chi connectivity index (χ1) is 9.67. The number of nitrogens with zero attached hydrogens (tertiary/aromatic N) is 3. The van der Waals surface area contributed by atoms with Gasteiger partial charge in [-0.2, -0.15) is 4.98 Å². The monoisotopic (exact) mass is 403 g/mol. The summed E-state index contributed by atoms with van der Waals surface area (Å²) >= 11 is 0. The zero-order valence-corrected chi connectivity index (χ0v) is 14.2. The van der Waals surface area contributed by atoms with E-state index >= 15 is 0 Å². The number of anilines is 1. The fourth-order valence-corrected chi connectivity index (χ4v) is 1.58. The SMILES string of the molecule is COc1ccc(NC(N)=NCCc2nc(C)no2)cc1.I. The van der Waals surface area contributed by atoms with E-state index in [9.17, 15) is 0 Å². The van der Waals surface area contributed by atoms with Crippen molar-refractivity contribution in [3.63, 3.8) is 0 Å². The molecule has 3 N–H and O–H groups in total. The average molecular weight is 403 g/mol. The van der Waals surface area contributed by atoms with E-state index in [0.717, 1.165) is 11.4 Å². The van der Waals surface area contributed by atoms with Crippen LogP contribution in [0.2, 0.25) is 0 Å². The van der Waals surface area contributed by atoms with Crippen LogP contribution in [0.1, 0.15) is 11.7 Å². The van der Waals surface area contributed by atoms with Crippen molar-refractivity contribution in [3.05, 3.63) is 36.0 Å². The minimum absolute atomic E-state index is 0. The molecule has 0 bridgehead atoms. The van der Waals surface area contributed by atoms with Gasteiger partial charge in [0.05, 0.1) is 13.7 Å². The van der Waals surface area contributed by atoms with Crippen molar-refractivity contribution in [2.45, 2.75) is 13.3 Å². The summed E-state index contributed by atoms with van der Waals surface area (Å²) in [5.41, 5.74) is 6.63. The summed E-state index contributed by atoms with van der Waals surface area (Å²) in [6.45, 7) is 2.26. The Morgan fingerprint density at radius 1 is 1.38 bits per heavy atom. The van der Waals surface area contributed by atoms with Crippen molar-refractivity contribution in [2.24, 2.45) is 10.7 Å². The Bertz CT molecular complexity index is 583. The van der Waals surface area contributed by atoms with Crippen molar-refractivity contribution in [3.8, 4) is 5.75 Å². The summed E-state index contributed by atoms with van der Waals surface area (Å²) in [6.07, 6.45) is 0.561. The Kier molecular flexibility index (Phi) is 6.92. The smallest absolute Gasteiger partial charge is 0.228 e. The fraction of sp³-hybridized carbons (Fsp3) is 0.308. The summed E-state index contributed by atoms with van der Waals surface area (Å²) in [6, 6.07) is 7.42. The van der Waals surface area contributed by atoms with Gasteiger partial charge in [0.25, 0.3) is 0 Å². The minimum Gasteiger partial charge on any atom is -0.497 e. The number of benzene rings is 1. The van der Waals surface area contributed by atoms with Gasteiger partial charge in [0.2, 0.25) is 5.89 Å². The van der Waals surface area contributed by atoms with Gasteiger partial charge in [-0.25, -0.2) is 0 Å². The van der Waals surface area contributed by atoms with Crippen molar-refractivity contribution >= 4 is 35.6 Å². The van der Waals surface area contributed by atoms with Crippen molar-refractivity contribution in [1.29, 1.82) is 0 Å². The molecule has 7 nitrogen and oxygen atoms in total. The number of nitrogens with two attached hydrogens (primary N) is 1. The van der Waals surface area contributed by atoms with E-state index in [0.29, 0.717) is 30.6 Å². The molecule has 1 aromatic heterocycles. The molecular formula is C13H18IN5O2. The number of guanidine groups is 1. The highest BCUT2D eigenvalue weighted by Gasteiger charge is 2.01. The molecule has 8 heteroatoms. The molecule has 0 saturated carbocycles. The normalized spacial score (nSPS) is 10.9. The number of aryl methyl sites for hydroxylation is 1. The van der Waals surface area contributed by atoms with Crippen molar-refractivity contribution in [1.82, 2.24) is 10.1 Å². The number of methoxy groups -OCH3 is 1. The lowest BCUT2D eigenvalue weighted by Crippen LogP contribution is -2.23. The van der Waals surface area contributed by atoms with Crippen LogP contribution in [0.4, 0.5) is 5.69 Å². The number of aromatic nitrogens is 2. The molecule has 1 heterocycles. The van der Waals surface area contributed by atoms with Gasteiger partial charge in [-0.1, -0.05) is 5.16 Å². The molecule has 2 rings (SSSR count). The van der Waals surface area contributed by atoms with E-state index in [-0.39, 0.29) is 24.0 Å². The Balaban J connectivity index is 0.00000220. The van der Waals surface area contributed by atoms with Gasteiger partial charge in [-0.05, 0) is 31.2 Å². The number of hydrogen-bond acceptors (Lipinski definition) is 5. The number of ether oxygens (including phenoxy) is 1. The van der Waals surface area contributed by atoms with E-state index in [1.54, 1.807) is 14.0 Å². The van der Waals surface area contributed by atoms with Crippen LogP contribution in [-0.4, -0.2) is 29.8 Å². The van der Waals surface area contributed by atoms with Gasteiger partial charge in [-0.3, -0.25) is 4.99 Å². The Morgan fingerprint density at radius 2 is 2.10 bits per heavy atom. The zero-order valence-electron chi connectivity index (χ0n) is 11.9. The molecule has 114 valence electrons. The van der Waals surface area contributed by atoms with Gasteiger partial charge in [0.1, 0.15) is 5.75 Å². The molecule has 2 aromatic rings. The summed E-state index contributed by atoms with van der Waals surface area (Å²) in [5, 5.41) is 6.70. The maximum absolute atomic E-state index is 5.79. The largest absolute Gasteiger partial charge is 0.497 e. The van der Waals surface area contributed by atoms with Crippen LogP contribution < -0.4 is 15.8 Å². The second-order valence-electron chi connectivity index (χ2n) is 4.11. The summed E-state index contributed by atoms with van der Waals surface area (Å²) < 4.78 is 10.1. The third kappa shape index (κ3) is 5.58. The van der Waals surface area contributed by atoms with Crippen LogP contribution in [0, 0.1) is 6.92 Å². The van der Waals surface area contributed by atoms with Crippen LogP contribution in [0.5, 0.6) is 5.75 Å². The van der Waals surface area contributed by atoms with Gasteiger partial charge in [-0.15, -0.1) is 24.0 Å². The van der Waals surface area contributed by atoms with Crippen LogP contribution in [0.25, 0.3) is 0 Å². The van der Waals surface area contributed by atoms with E-state index in [4.69, 9.17) is 15.0 Å². The van der Waals surface area contributed by atoms with Gasteiger partial charge >= 0.3 is 0 Å². The number of halogens is 1. The summed E-state index contributed by atoms with van der Waals surface area (Å²) in [5.74, 6) is 2.31. The summed E-state index contributed by atoms with van der Waals surface area (Å²) in [7, 11) is 1.62. The minimum atomic E-state index is 0. The molecule has 0 saturated heterocycles. The lowest BCUT2D eigenvalue weighted by molar-refractivity contribution is 0.376. The predicted molar refractivity (Wildman–Crippen MR) is 91.3 cm³/mol. The molecule has 0 unspecified atom stereocenters. The molecular weight excluding hydrogens is 385 g/mol. The molecule has 21 heavy (non-hydrogen) atoms. The maximum Gasteiger partial charge on any atom is 0.228 e. The highest BCUT2D eigenvalue weighted by molar-refractivity contribution is 14.0. The number of nitrogens with one attached hydrogen (secondary N) is 1. The fourth-order valence-electron chi connectivity index (χ4n) is 1.58. The highest BCUT2D eigenvalue weighted by Crippen LogP contribution is 2.14. The first kappa shape index (κ1) is 17.2. The molecule has 0 radical (unpaired) electrons. The van der Waals surface area contributed by atoms with Gasteiger partial charge < -0.3 is 20.3 Å². The van der Waals surface area contributed by atoms with Crippen molar-refractivity contribution in [2.75, 3.05) is 19.0 Å². The van der Waals surface area contributed by atoms with Crippen LogP contribution in [0.3, 0.4) is 0 Å². The molecule has 0 aliphatic carbocycles. The quantitative estimate of drug-likeness (QED) is 0.450. The lowest BCUT2D eigenvalue weighted by Gasteiger charge is -2.06. The topological polar surface area (TPSA) is 98.6 Å². The molecule has 0 spiro atoms. The third-order valence-corrected chi connectivity index (χ3v) is 2.54. The van der Waals surface area contributed by atoms with Crippen LogP contribution in [-0.2, 0) is 6.42 Å². The molecule has 0 aliphatic heterocycles. The average Bonchev–Trinajstić information content (AvgIpc) is 2.85. The molecule has 1 aromatic carbocycles. The van der Waals surface area contributed by atoms with E-state index < -0.39 is 0 Å². The molecule has 0 fully saturated rings. The van der Waals surface area contributed by atoms with Crippen LogP contribution in [0.15, 0.2) is 33.8 Å². The molecule has 0 aliphatic rings. The third-order valence-electron chi connectivity index (χ3n) is 2.54. The maximum atomic E-state index is 5.79. The number of rotatable bonds is 5. The van der Waals surface area contributed by atoms with Gasteiger partial charge in [0, 0.05) is 12.1 Å². The lowest BCUT2D eigenvalue weighted by atomic mass is 10.3. The van der Waals surface area contributed by atoms with Crippen LogP contribution >= 0.6 is 24.0 Å².